The molecule has 0 aliphatic heterocycles. The predicted octanol–water partition coefficient (Wildman–Crippen LogP) is 4.29. The van der Waals surface area contributed by atoms with Crippen LogP contribution in [0.25, 0.3) is 0 Å². The number of aryl methyl sites for hydroxylation is 1. The van der Waals surface area contributed by atoms with Crippen molar-refractivity contribution in [1.29, 1.82) is 0 Å². The van der Waals surface area contributed by atoms with Crippen LogP contribution in [0.2, 0.25) is 0 Å². The van der Waals surface area contributed by atoms with Gasteiger partial charge in [-0.05, 0) is 56.5 Å². The molecule has 1 heterocycles. The molecule has 0 amide bonds. The van der Waals surface area contributed by atoms with Gasteiger partial charge < -0.3 is 10.5 Å². The van der Waals surface area contributed by atoms with Crippen LogP contribution in [0.15, 0.2) is 39.4 Å². The number of benzene rings is 1. The Bertz CT molecular complexity index is 538. The van der Waals surface area contributed by atoms with Crippen LogP contribution in [0.5, 0.6) is 11.6 Å². The zero-order chi connectivity index (χ0) is 12.4. The van der Waals surface area contributed by atoms with Gasteiger partial charge in [-0.2, -0.15) is 0 Å². The van der Waals surface area contributed by atoms with E-state index in [1.165, 1.54) is 0 Å². The van der Waals surface area contributed by atoms with Crippen molar-refractivity contribution in [3.63, 3.8) is 0 Å². The number of nitrogens with zero attached hydrogens (tertiary/aromatic N) is 1. The molecular formula is C12H10Br2N2O. The SMILES string of the molecule is Cc1cccc(N)c1Oc1ncc(Br)cc1Br. The van der Waals surface area contributed by atoms with Gasteiger partial charge >= 0.3 is 0 Å². The van der Waals surface area contributed by atoms with Crippen molar-refractivity contribution in [3.8, 4) is 11.6 Å². The first-order valence-corrected chi connectivity index (χ1v) is 6.50. The molecule has 1 aromatic carbocycles. The Morgan fingerprint density at radius 3 is 2.71 bits per heavy atom. The van der Waals surface area contributed by atoms with Gasteiger partial charge in [0.25, 0.3) is 0 Å². The molecule has 88 valence electrons. The van der Waals surface area contributed by atoms with Crippen LogP contribution in [0.4, 0.5) is 5.69 Å². The first kappa shape index (κ1) is 12.4. The summed E-state index contributed by atoms with van der Waals surface area (Å²) in [6.07, 6.45) is 1.68. The minimum atomic E-state index is 0.495. The molecule has 0 saturated heterocycles. The summed E-state index contributed by atoms with van der Waals surface area (Å²) in [7, 11) is 0. The quantitative estimate of drug-likeness (QED) is 0.815. The van der Waals surface area contributed by atoms with E-state index in [9.17, 15) is 0 Å². The van der Waals surface area contributed by atoms with Crippen molar-refractivity contribution in [2.75, 3.05) is 5.73 Å². The standard InChI is InChI=1S/C12H10Br2N2O/c1-7-3-2-4-10(15)11(7)17-12-9(14)5-8(13)6-16-12/h2-6H,15H2,1H3. The smallest absolute Gasteiger partial charge is 0.233 e. The number of hydrogen-bond acceptors (Lipinski definition) is 3. The van der Waals surface area contributed by atoms with Gasteiger partial charge in [-0.15, -0.1) is 0 Å². The molecule has 17 heavy (non-hydrogen) atoms. The first-order chi connectivity index (χ1) is 8.08. The summed E-state index contributed by atoms with van der Waals surface area (Å²) < 4.78 is 7.38. The third-order valence-electron chi connectivity index (χ3n) is 2.22. The van der Waals surface area contributed by atoms with E-state index in [4.69, 9.17) is 10.5 Å². The molecule has 2 rings (SSSR count). The normalized spacial score (nSPS) is 10.3. The third kappa shape index (κ3) is 2.79. The number of halogens is 2. The number of para-hydroxylation sites is 1. The van der Waals surface area contributed by atoms with Gasteiger partial charge in [-0.1, -0.05) is 12.1 Å². The summed E-state index contributed by atoms with van der Waals surface area (Å²) in [4.78, 5) is 4.18. The highest BCUT2D eigenvalue weighted by Crippen LogP contribution is 2.34. The first-order valence-electron chi connectivity index (χ1n) is 4.92. The fourth-order valence-corrected chi connectivity index (χ4v) is 2.46. The number of nitrogen functional groups attached to an aromatic ring is 1. The molecule has 5 heteroatoms. The Morgan fingerprint density at radius 1 is 1.29 bits per heavy atom. The highest BCUT2D eigenvalue weighted by Gasteiger charge is 2.09. The van der Waals surface area contributed by atoms with E-state index in [2.05, 4.69) is 36.8 Å². The molecule has 2 N–H and O–H groups in total. The van der Waals surface area contributed by atoms with E-state index in [-0.39, 0.29) is 0 Å². The fourth-order valence-electron chi connectivity index (χ4n) is 1.39. The largest absolute Gasteiger partial charge is 0.435 e. The van der Waals surface area contributed by atoms with Gasteiger partial charge in [-0.25, -0.2) is 4.98 Å². The number of ether oxygens (including phenoxy) is 1. The number of nitrogens with two attached hydrogens (primary N) is 1. The van der Waals surface area contributed by atoms with Crippen molar-refractivity contribution in [3.05, 3.63) is 45.0 Å². The molecule has 0 radical (unpaired) electrons. The van der Waals surface area contributed by atoms with Gasteiger partial charge in [0.1, 0.15) is 0 Å². The number of rotatable bonds is 2. The second-order valence-corrected chi connectivity index (χ2v) is 5.31. The van der Waals surface area contributed by atoms with E-state index in [1.807, 2.05) is 25.1 Å². The summed E-state index contributed by atoms with van der Waals surface area (Å²) >= 11 is 6.73. The topological polar surface area (TPSA) is 48.1 Å². The highest BCUT2D eigenvalue weighted by atomic mass is 79.9. The maximum Gasteiger partial charge on any atom is 0.233 e. The minimum Gasteiger partial charge on any atom is -0.435 e. The maximum atomic E-state index is 5.87. The lowest BCUT2D eigenvalue weighted by Crippen LogP contribution is -1.96. The Kier molecular flexibility index (Phi) is 3.69. The minimum absolute atomic E-state index is 0.495. The van der Waals surface area contributed by atoms with Crippen molar-refractivity contribution >= 4 is 37.5 Å². The monoisotopic (exact) mass is 356 g/mol. The predicted molar refractivity (Wildman–Crippen MR) is 75.3 cm³/mol. The average molecular weight is 358 g/mol. The van der Waals surface area contributed by atoms with Crippen LogP contribution >= 0.6 is 31.9 Å². The summed E-state index contributed by atoms with van der Waals surface area (Å²) in [5.74, 6) is 1.14. The van der Waals surface area contributed by atoms with Crippen LogP contribution in [0.3, 0.4) is 0 Å². The Balaban J connectivity index is 2.38. The highest BCUT2D eigenvalue weighted by molar-refractivity contribution is 9.11. The molecule has 0 aliphatic rings. The van der Waals surface area contributed by atoms with Crippen molar-refractivity contribution in [1.82, 2.24) is 4.98 Å². The number of hydrogen-bond donors (Lipinski definition) is 1. The molecule has 0 atom stereocenters. The van der Waals surface area contributed by atoms with Crippen molar-refractivity contribution in [2.45, 2.75) is 6.92 Å². The number of pyridine rings is 1. The second-order valence-electron chi connectivity index (χ2n) is 3.54. The maximum absolute atomic E-state index is 5.87. The second kappa shape index (κ2) is 5.06. The van der Waals surface area contributed by atoms with Gasteiger partial charge in [0.15, 0.2) is 5.75 Å². The Hall–Kier alpha value is -1.07. The van der Waals surface area contributed by atoms with Crippen LogP contribution < -0.4 is 10.5 Å². The Labute approximate surface area is 116 Å². The lowest BCUT2D eigenvalue weighted by molar-refractivity contribution is 0.458. The molecule has 0 spiro atoms. The zero-order valence-electron chi connectivity index (χ0n) is 9.08. The third-order valence-corrected chi connectivity index (χ3v) is 3.22. The van der Waals surface area contributed by atoms with Crippen molar-refractivity contribution < 1.29 is 4.74 Å². The lowest BCUT2D eigenvalue weighted by Gasteiger charge is -2.11. The Morgan fingerprint density at radius 2 is 2.06 bits per heavy atom. The van der Waals surface area contributed by atoms with Gasteiger partial charge in [0.05, 0.1) is 10.2 Å². The van der Waals surface area contributed by atoms with Gasteiger partial charge in [-0.3, -0.25) is 0 Å². The molecule has 1 aromatic heterocycles. The molecule has 2 aromatic rings. The van der Waals surface area contributed by atoms with E-state index >= 15 is 0 Å². The molecule has 0 aliphatic carbocycles. The molecule has 3 nitrogen and oxygen atoms in total. The van der Waals surface area contributed by atoms with Crippen LogP contribution in [0, 0.1) is 6.92 Å². The van der Waals surface area contributed by atoms with E-state index < -0.39 is 0 Å². The zero-order valence-corrected chi connectivity index (χ0v) is 12.2. The summed E-state index contributed by atoms with van der Waals surface area (Å²) in [6, 6.07) is 7.51. The fraction of sp³-hybridized carbons (Fsp3) is 0.0833. The van der Waals surface area contributed by atoms with Crippen LogP contribution in [-0.4, -0.2) is 4.98 Å². The molecule has 0 unspecified atom stereocenters. The van der Waals surface area contributed by atoms with Gasteiger partial charge in [0, 0.05) is 10.7 Å². The summed E-state index contributed by atoms with van der Waals surface area (Å²) in [5, 5.41) is 0. The number of anilines is 1. The van der Waals surface area contributed by atoms with E-state index in [0.717, 1.165) is 14.5 Å². The summed E-state index contributed by atoms with van der Waals surface area (Å²) in [5.41, 5.74) is 7.44. The molecule has 0 saturated carbocycles. The molecule has 0 bridgehead atoms. The van der Waals surface area contributed by atoms with E-state index in [1.54, 1.807) is 12.3 Å². The molecular weight excluding hydrogens is 348 g/mol. The lowest BCUT2D eigenvalue weighted by atomic mass is 10.2. The summed E-state index contributed by atoms with van der Waals surface area (Å²) in [6.45, 7) is 1.94. The number of aromatic nitrogens is 1. The van der Waals surface area contributed by atoms with Crippen LogP contribution in [-0.2, 0) is 0 Å². The van der Waals surface area contributed by atoms with Gasteiger partial charge in [0.2, 0.25) is 5.88 Å². The van der Waals surface area contributed by atoms with Crippen molar-refractivity contribution in [2.24, 2.45) is 0 Å². The average Bonchev–Trinajstić information content (AvgIpc) is 2.26. The van der Waals surface area contributed by atoms with Crippen LogP contribution in [0.1, 0.15) is 5.56 Å². The molecule has 0 fully saturated rings. The van der Waals surface area contributed by atoms with E-state index in [0.29, 0.717) is 17.3 Å².